The highest BCUT2D eigenvalue weighted by Crippen LogP contribution is 2.37. The second kappa shape index (κ2) is 11.8. The lowest BCUT2D eigenvalue weighted by Gasteiger charge is -2.42. The lowest BCUT2D eigenvalue weighted by molar-refractivity contribution is 0.0982. The number of rotatable bonds is 9. The Morgan fingerprint density at radius 2 is 1.54 bits per heavy atom. The molecule has 1 aliphatic carbocycles. The first-order valence-corrected chi connectivity index (χ1v) is 15.9. The number of piperazine rings is 1. The molecule has 0 bridgehead atoms. The van der Waals surface area contributed by atoms with E-state index in [0.29, 0.717) is 36.3 Å². The summed E-state index contributed by atoms with van der Waals surface area (Å²) in [5, 5.41) is 6.00. The van der Waals surface area contributed by atoms with Gasteiger partial charge in [-0.25, -0.2) is 18.4 Å². The summed E-state index contributed by atoms with van der Waals surface area (Å²) in [5.41, 5.74) is 2.32. The number of piperidine rings is 1. The van der Waals surface area contributed by atoms with E-state index >= 15 is 0 Å². The van der Waals surface area contributed by atoms with E-state index in [1.165, 1.54) is 6.33 Å². The van der Waals surface area contributed by atoms with Crippen LogP contribution in [0.1, 0.15) is 25.7 Å². The van der Waals surface area contributed by atoms with E-state index in [0.717, 1.165) is 63.5 Å². The highest BCUT2D eigenvalue weighted by atomic mass is 32.2. The van der Waals surface area contributed by atoms with Crippen molar-refractivity contribution < 1.29 is 13.2 Å². The third-order valence-corrected chi connectivity index (χ3v) is 10.6. The van der Waals surface area contributed by atoms with Crippen LogP contribution in [0.3, 0.4) is 0 Å². The minimum absolute atomic E-state index is 0.250. The molecule has 3 fully saturated rings. The Morgan fingerprint density at radius 3 is 2.22 bits per heavy atom. The lowest BCUT2D eigenvalue weighted by Crippen LogP contribution is -2.52. The number of anilines is 5. The highest BCUT2D eigenvalue weighted by Gasteiger charge is 2.38. The largest absolute Gasteiger partial charge is 0.494 e. The van der Waals surface area contributed by atoms with Gasteiger partial charge in [0.05, 0.1) is 28.6 Å². The molecule has 2 N–H and O–H groups in total. The molecule has 0 amide bonds. The minimum Gasteiger partial charge on any atom is -0.494 e. The number of aromatic nitrogens is 3. The number of hydrogen-bond donors (Lipinski definition) is 2. The molecule has 2 saturated heterocycles. The Labute approximate surface area is 241 Å². The van der Waals surface area contributed by atoms with Crippen LogP contribution in [0.15, 0.2) is 53.7 Å². The molecular formula is C29H38N8O3S. The number of para-hydroxylation sites is 1. The van der Waals surface area contributed by atoms with Crippen LogP contribution in [0, 0.1) is 0 Å². The maximum atomic E-state index is 12.9. The standard InChI is InChI=1S/C29H38N8O3S/c1-35-15-17-37(18-16-35)21-11-13-36(14-12-21)22-7-10-24(26(19-22)40-2)32-28-30-20-31-29(34-28)33-25-5-3-4-6-27(25)41(38,39)23-8-9-23/h3-7,10,19-21,23H,8-9,11-18H2,1-2H3,(H2,30,31,32,33,34). The van der Waals surface area contributed by atoms with Crippen LogP contribution < -0.4 is 20.3 Å². The predicted octanol–water partition coefficient (Wildman–Crippen LogP) is 3.52. The first kappa shape index (κ1) is 27.7. The van der Waals surface area contributed by atoms with Gasteiger partial charge in [-0.1, -0.05) is 12.1 Å². The number of methoxy groups -OCH3 is 1. The summed E-state index contributed by atoms with van der Waals surface area (Å²) in [6, 6.07) is 13.7. The lowest BCUT2D eigenvalue weighted by atomic mass is 10.0. The number of likely N-dealkylation sites (N-methyl/N-ethyl adjacent to an activating group) is 1. The monoisotopic (exact) mass is 578 g/mol. The first-order valence-electron chi connectivity index (χ1n) is 14.3. The minimum atomic E-state index is -3.38. The zero-order valence-corrected chi connectivity index (χ0v) is 24.5. The number of nitrogens with zero attached hydrogens (tertiary/aromatic N) is 6. The molecule has 1 aromatic heterocycles. The average molecular weight is 579 g/mol. The van der Waals surface area contributed by atoms with Crippen LogP contribution >= 0.6 is 0 Å². The Hall–Kier alpha value is -3.48. The van der Waals surface area contributed by atoms with Gasteiger partial charge in [-0.3, -0.25) is 4.90 Å². The van der Waals surface area contributed by atoms with Gasteiger partial charge in [-0.15, -0.1) is 0 Å². The second-order valence-electron chi connectivity index (χ2n) is 11.1. The fourth-order valence-corrected chi connectivity index (χ4v) is 7.50. The van der Waals surface area contributed by atoms with Crippen LogP contribution in [0.5, 0.6) is 5.75 Å². The molecule has 0 atom stereocenters. The summed E-state index contributed by atoms with van der Waals surface area (Å²) < 4.78 is 31.5. The topological polar surface area (TPSA) is 116 Å². The van der Waals surface area contributed by atoms with Gasteiger partial charge in [0, 0.05) is 57.1 Å². The number of ether oxygens (including phenoxy) is 1. The van der Waals surface area contributed by atoms with Gasteiger partial charge in [0.25, 0.3) is 0 Å². The molecule has 1 saturated carbocycles. The molecule has 0 radical (unpaired) electrons. The van der Waals surface area contributed by atoms with Crippen molar-refractivity contribution in [2.75, 3.05) is 69.0 Å². The fraction of sp³-hybridized carbons (Fsp3) is 0.483. The molecular weight excluding hydrogens is 540 g/mol. The molecule has 12 heteroatoms. The van der Waals surface area contributed by atoms with Crippen molar-refractivity contribution in [2.24, 2.45) is 0 Å². The van der Waals surface area contributed by atoms with Crippen LogP contribution in [-0.2, 0) is 9.84 Å². The number of hydrogen-bond acceptors (Lipinski definition) is 11. The van der Waals surface area contributed by atoms with Crippen molar-refractivity contribution in [2.45, 2.75) is 41.9 Å². The van der Waals surface area contributed by atoms with Gasteiger partial charge < -0.3 is 25.2 Å². The Kier molecular flexibility index (Phi) is 7.96. The van der Waals surface area contributed by atoms with Crippen molar-refractivity contribution >= 4 is 38.8 Å². The van der Waals surface area contributed by atoms with Crippen LogP contribution in [-0.4, -0.2) is 97.9 Å². The molecule has 2 aliphatic heterocycles. The summed E-state index contributed by atoms with van der Waals surface area (Å²) in [6.07, 6.45) is 5.12. The van der Waals surface area contributed by atoms with E-state index in [4.69, 9.17) is 4.74 Å². The third-order valence-electron chi connectivity index (χ3n) is 8.29. The maximum Gasteiger partial charge on any atom is 0.232 e. The van der Waals surface area contributed by atoms with E-state index in [1.807, 2.05) is 6.07 Å². The SMILES string of the molecule is COc1cc(N2CCC(N3CCN(C)CC3)CC2)ccc1Nc1ncnc(Nc2ccccc2S(=O)(=O)C2CC2)n1. The van der Waals surface area contributed by atoms with Gasteiger partial charge in [-0.2, -0.15) is 4.98 Å². The molecule has 2 aromatic carbocycles. The van der Waals surface area contributed by atoms with E-state index in [9.17, 15) is 8.42 Å². The van der Waals surface area contributed by atoms with Crippen molar-refractivity contribution in [3.8, 4) is 5.75 Å². The Morgan fingerprint density at radius 1 is 0.854 bits per heavy atom. The quantitative estimate of drug-likeness (QED) is 0.389. The van der Waals surface area contributed by atoms with Crippen LogP contribution in [0.25, 0.3) is 0 Å². The Bertz CT molecular complexity index is 1470. The predicted molar refractivity (Wildman–Crippen MR) is 160 cm³/mol. The van der Waals surface area contributed by atoms with Gasteiger partial charge in [-0.05, 0) is 57.0 Å². The zero-order chi connectivity index (χ0) is 28.4. The molecule has 3 aliphatic rings. The van der Waals surface area contributed by atoms with E-state index in [-0.39, 0.29) is 16.1 Å². The van der Waals surface area contributed by atoms with Crippen molar-refractivity contribution in [3.63, 3.8) is 0 Å². The summed E-state index contributed by atoms with van der Waals surface area (Å²) in [7, 11) is 0.473. The molecule has 3 heterocycles. The van der Waals surface area contributed by atoms with Gasteiger partial charge in [0.2, 0.25) is 11.9 Å². The number of sulfone groups is 1. The van der Waals surface area contributed by atoms with E-state index in [1.54, 1.807) is 31.4 Å². The van der Waals surface area contributed by atoms with E-state index < -0.39 is 9.84 Å². The molecule has 0 unspecified atom stereocenters. The molecule has 41 heavy (non-hydrogen) atoms. The zero-order valence-electron chi connectivity index (χ0n) is 23.7. The van der Waals surface area contributed by atoms with Crippen LogP contribution in [0.2, 0.25) is 0 Å². The van der Waals surface area contributed by atoms with E-state index in [2.05, 4.69) is 59.5 Å². The highest BCUT2D eigenvalue weighted by molar-refractivity contribution is 7.92. The van der Waals surface area contributed by atoms with Gasteiger partial charge >= 0.3 is 0 Å². The summed E-state index contributed by atoms with van der Waals surface area (Å²) in [4.78, 5) is 20.7. The van der Waals surface area contributed by atoms with Crippen LogP contribution in [0.4, 0.5) is 29.0 Å². The molecule has 11 nitrogen and oxygen atoms in total. The fourth-order valence-electron chi connectivity index (χ4n) is 5.69. The Balaban J connectivity index is 1.12. The maximum absolute atomic E-state index is 12.9. The smallest absolute Gasteiger partial charge is 0.232 e. The van der Waals surface area contributed by atoms with Gasteiger partial charge in [0.15, 0.2) is 9.84 Å². The molecule has 0 spiro atoms. The van der Waals surface area contributed by atoms with Crippen molar-refractivity contribution in [1.82, 2.24) is 24.8 Å². The third kappa shape index (κ3) is 6.24. The average Bonchev–Trinajstić information content (AvgIpc) is 3.85. The summed E-state index contributed by atoms with van der Waals surface area (Å²) in [5.74, 6) is 1.27. The molecule has 218 valence electrons. The summed E-state index contributed by atoms with van der Waals surface area (Å²) in [6.45, 7) is 6.67. The number of benzene rings is 2. The molecule has 3 aromatic rings. The molecule has 6 rings (SSSR count). The first-order chi connectivity index (χ1) is 19.9. The van der Waals surface area contributed by atoms with Crippen molar-refractivity contribution in [1.29, 1.82) is 0 Å². The van der Waals surface area contributed by atoms with Gasteiger partial charge in [0.1, 0.15) is 12.1 Å². The number of nitrogens with one attached hydrogen (secondary N) is 2. The van der Waals surface area contributed by atoms with Crippen molar-refractivity contribution in [3.05, 3.63) is 48.8 Å². The summed E-state index contributed by atoms with van der Waals surface area (Å²) >= 11 is 0. The second-order valence-corrected chi connectivity index (χ2v) is 13.3. The normalized spacial score (nSPS) is 19.2.